The molecular formula is C17H15N5O4. The second-order valence-corrected chi connectivity index (χ2v) is 5.71. The maximum Gasteiger partial charge on any atom is 0.420 e. The number of carbonyl (C=O) groups is 1. The lowest BCUT2D eigenvalue weighted by Gasteiger charge is -2.03. The normalized spacial score (nSPS) is 11.1. The van der Waals surface area contributed by atoms with Gasteiger partial charge in [-0.1, -0.05) is 17.3 Å². The van der Waals surface area contributed by atoms with Crippen LogP contribution in [0, 0.1) is 0 Å². The van der Waals surface area contributed by atoms with Crippen LogP contribution >= 0.6 is 0 Å². The van der Waals surface area contributed by atoms with Crippen LogP contribution in [0.2, 0.25) is 0 Å². The molecule has 1 aromatic carbocycles. The van der Waals surface area contributed by atoms with Crippen molar-refractivity contribution in [2.45, 2.75) is 13.1 Å². The fraction of sp³-hybridized carbons (Fsp3) is 0.176. The number of oxazole rings is 1. The van der Waals surface area contributed by atoms with Gasteiger partial charge < -0.3 is 18.8 Å². The molecule has 26 heavy (non-hydrogen) atoms. The predicted octanol–water partition coefficient (Wildman–Crippen LogP) is 1.30. The second-order valence-electron chi connectivity index (χ2n) is 5.71. The van der Waals surface area contributed by atoms with Gasteiger partial charge in [0.2, 0.25) is 17.6 Å². The van der Waals surface area contributed by atoms with Crippen LogP contribution in [0.5, 0.6) is 0 Å². The lowest BCUT2D eigenvalue weighted by Crippen LogP contribution is -2.30. The van der Waals surface area contributed by atoms with Gasteiger partial charge in [-0.05, 0) is 24.3 Å². The highest BCUT2D eigenvalue weighted by Crippen LogP contribution is 2.15. The van der Waals surface area contributed by atoms with Gasteiger partial charge in [0.15, 0.2) is 5.58 Å². The van der Waals surface area contributed by atoms with E-state index in [1.165, 1.54) is 4.57 Å². The lowest BCUT2D eigenvalue weighted by atomic mass is 10.3. The zero-order valence-electron chi connectivity index (χ0n) is 13.9. The lowest BCUT2D eigenvalue weighted by molar-refractivity contribution is -0.122. The number of benzene rings is 1. The van der Waals surface area contributed by atoms with Crippen molar-refractivity contribution in [1.29, 1.82) is 0 Å². The van der Waals surface area contributed by atoms with Crippen molar-refractivity contribution in [2.24, 2.45) is 7.05 Å². The van der Waals surface area contributed by atoms with Gasteiger partial charge in [-0.15, -0.1) is 0 Å². The van der Waals surface area contributed by atoms with Gasteiger partial charge in [0.25, 0.3) is 0 Å². The molecule has 4 rings (SSSR count). The van der Waals surface area contributed by atoms with Crippen molar-refractivity contribution >= 4 is 17.0 Å². The molecule has 4 aromatic rings. The first-order valence-electron chi connectivity index (χ1n) is 7.91. The number of nitrogens with zero attached hydrogens (tertiary/aromatic N) is 4. The summed E-state index contributed by atoms with van der Waals surface area (Å²) >= 11 is 0. The Morgan fingerprint density at radius 3 is 2.88 bits per heavy atom. The molecule has 0 saturated carbocycles. The Labute approximate surface area is 146 Å². The number of amides is 1. The van der Waals surface area contributed by atoms with Crippen molar-refractivity contribution < 1.29 is 13.7 Å². The highest BCUT2D eigenvalue weighted by molar-refractivity contribution is 5.79. The number of nitrogens with one attached hydrogen (secondary N) is 1. The van der Waals surface area contributed by atoms with E-state index in [0.717, 1.165) is 5.69 Å². The van der Waals surface area contributed by atoms with E-state index >= 15 is 0 Å². The van der Waals surface area contributed by atoms with Gasteiger partial charge in [0.05, 0.1) is 17.8 Å². The SMILES string of the molecule is Cn1cccc1-c1noc(CNC(=O)Cn2c(=O)oc3ccccc32)n1. The first-order valence-corrected chi connectivity index (χ1v) is 7.91. The maximum atomic E-state index is 12.2. The molecule has 3 heterocycles. The van der Waals surface area contributed by atoms with Crippen molar-refractivity contribution in [3.63, 3.8) is 0 Å². The maximum absolute atomic E-state index is 12.2. The molecule has 0 atom stereocenters. The molecule has 1 N–H and O–H groups in total. The third kappa shape index (κ3) is 2.90. The quantitative estimate of drug-likeness (QED) is 0.579. The van der Waals surface area contributed by atoms with E-state index in [1.807, 2.05) is 29.9 Å². The number of aromatic nitrogens is 4. The molecule has 0 bridgehead atoms. The molecule has 3 aromatic heterocycles. The fourth-order valence-electron chi connectivity index (χ4n) is 2.66. The Balaban J connectivity index is 1.43. The van der Waals surface area contributed by atoms with Crippen LogP contribution in [0.3, 0.4) is 0 Å². The molecule has 9 nitrogen and oxygen atoms in total. The first-order chi connectivity index (χ1) is 12.6. The average Bonchev–Trinajstić information content (AvgIpc) is 3.33. The minimum absolute atomic E-state index is 0.0702. The monoisotopic (exact) mass is 353 g/mol. The second kappa shape index (κ2) is 6.36. The minimum atomic E-state index is -0.579. The fourth-order valence-corrected chi connectivity index (χ4v) is 2.66. The average molecular weight is 353 g/mol. The van der Waals surface area contributed by atoms with Crippen molar-refractivity contribution in [1.82, 2.24) is 24.6 Å². The Morgan fingerprint density at radius 2 is 2.08 bits per heavy atom. The summed E-state index contributed by atoms with van der Waals surface area (Å²) in [4.78, 5) is 28.3. The molecule has 0 saturated heterocycles. The van der Waals surface area contributed by atoms with E-state index in [2.05, 4.69) is 15.5 Å². The van der Waals surface area contributed by atoms with Crippen molar-refractivity contribution in [2.75, 3.05) is 0 Å². The molecular weight excluding hydrogens is 338 g/mol. The smallest absolute Gasteiger partial charge is 0.408 e. The minimum Gasteiger partial charge on any atom is -0.408 e. The van der Waals surface area contributed by atoms with Gasteiger partial charge in [0.1, 0.15) is 6.54 Å². The Kier molecular flexibility index (Phi) is 3.88. The van der Waals surface area contributed by atoms with Gasteiger partial charge >= 0.3 is 5.76 Å². The number of aryl methyl sites for hydroxylation is 1. The van der Waals surface area contributed by atoms with Crippen LogP contribution < -0.4 is 11.1 Å². The van der Waals surface area contributed by atoms with Crippen LogP contribution in [0.25, 0.3) is 22.6 Å². The van der Waals surface area contributed by atoms with E-state index < -0.39 is 5.76 Å². The highest BCUT2D eigenvalue weighted by atomic mass is 16.5. The van der Waals surface area contributed by atoms with Crippen molar-refractivity contribution in [3.05, 3.63) is 59.0 Å². The summed E-state index contributed by atoms with van der Waals surface area (Å²) in [6.45, 7) is -0.0879. The third-order valence-electron chi connectivity index (χ3n) is 3.95. The van der Waals surface area contributed by atoms with Crippen LogP contribution in [0.15, 0.2) is 56.3 Å². The summed E-state index contributed by atoms with van der Waals surface area (Å²) in [5.41, 5.74) is 1.81. The topological polar surface area (TPSA) is 108 Å². The number of rotatable bonds is 5. The molecule has 1 amide bonds. The summed E-state index contributed by atoms with van der Waals surface area (Å²) in [6, 6.07) is 10.7. The van der Waals surface area contributed by atoms with Crippen LogP contribution in [-0.2, 0) is 24.9 Å². The summed E-state index contributed by atoms with van der Waals surface area (Å²) < 4.78 is 13.4. The summed E-state index contributed by atoms with van der Waals surface area (Å²) in [6.07, 6.45) is 1.88. The van der Waals surface area contributed by atoms with Crippen LogP contribution in [0.1, 0.15) is 5.89 Å². The zero-order valence-corrected chi connectivity index (χ0v) is 13.9. The van der Waals surface area contributed by atoms with Crippen molar-refractivity contribution in [3.8, 4) is 11.5 Å². The number of hydrogen-bond donors (Lipinski definition) is 1. The van der Waals surface area contributed by atoms with Gasteiger partial charge in [-0.3, -0.25) is 9.36 Å². The van der Waals surface area contributed by atoms with Gasteiger partial charge in [-0.25, -0.2) is 4.79 Å². The van der Waals surface area contributed by atoms with E-state index in [9.17, 15) is 9.59 Å². The van der Waals surface area contributed by atoms with E-state index in [1.54, 1.807) is 24.3 Å². The van der Waals surface area contributed by atoms with Gasteiger partial charge in [-0.2, -0.15) is 4.98 Å². The standard InChI is InChI=1S/C17H15N5O4/c1-21-8-4-6-12(21)16-19-15(26-20-16)9-18-14(23)10-22-11-5-2-3-7-13(11)25-17(22)24/h2-8H,9-10H2,1H3,(H,18,23). The molecule has 0 aliphatic rings. The Morgan fingerprint density at radius 1 is 1.23 bits per heavy atom. The summed E-state index contributed by atoms with van der Waals surface area (Å²) in [5.74, 6) is -0.222. The Hall–Kier alpha value is -3.62. The largest absolute Gasteiger partial charge is 0.420 e. The van der Waals surface area contributed by atoms with Gasteiger partial charge in [0, 0.05) is 13.2 Å². The molecule has 132 valence electrons. The Bertz CT molecular complexity index is 1130. The third-order valence-corrected chi connectivity index (χ3v) is 3.95. The number of para-hydroxylation sites is 2. The zero-order chi connectivity index (χ0) is 18.1. The molecule has 0 fully saturated rings. The van der Waals surface area contributed by atoms with Crippen LogP contribution in [0.4, 0.5) is 0 Å². The molecule has 0 spiro atoms. The predicted molar refractivity (Wildman–Crippen MR) is 91.0 cm³/mol. The molecule has 0 radical (unpaired) electrons. The van der Waals surface area contributed by atoms with E-state index in [-0.39, 0.29) is 24.9 Å². The molecule has 0 aliphatic carbocycles. The molecule has 0 unspecified atom stereocenters. The van der Waals surface area contributed by atoms with E-state index in [4.69, 9.17) is 8.94 Å². The summed E-state index contributed by atoms with van der Waals surface area (Å²) in [7, 11) is 1.88. The number of carbonyl (C=O) groups excluding carboxylic acids is 1. The molecule has 0 aliphatic heterocycles. The first kappa shape index (κ1) is 15.9. The summed E-state index contributed by atoms with van der Waals surface area (Å²) in [5, 5.41) is 6.56. The molecule has 9 heteroatoms. The van der Waals surface area contributed by atoms with Crippen LogP contribution in [-0.4, -0.2) is 25.2 Å². The highest BCUT2D eigenvalue weighted by Gasteiger charge is 2.14. The van der Waals surface area contributed by atoms with E-state index in [0.29, 0.717) is 16.9 Å². The number of hydrogen-bond acceptors (Lipinski definition) is 6. The number of fused-ring (bicyclic) bond motifs is 1.